The van der Waals surface area contributed by atoms with Crippen molar-refractivity contribution < 1.29 is 14.7 Å². The van der Waals surface area contributed by atoms with E-state index in [-0.39, 0.29) is 11.8 Å². The van der Waals surface area contributed by atoms with Crippen LogP contribution in [0.2, 0.25) is 0 Å². The van der Waals surface area contributed by atoms with Gasteiger partial charge in [0.1, 0.15) is 6.04 Å². The van der Waals surface area contributed by atoms with Crippen LogP contribution in [0.1, 0.15) is 33.1 Å². The molecule has 0 bridgehead atoms. The van der Waals surface area contributed by atoms with Gasteiger partial charge in [0.05, 0.1) is 6.04 Å². The van der Waals surface area contributed by atoms with E-state index in [2.05, 4.69) is 5.32 Å². The van der Waals surface area contributed by atoms with E-state index in [1.165, 1.54) is 0 Å². The largest absolute Gasteiger partial charge is 0.480 e. The van der Waals surface area contributed by atoms with Crippen molar-refractivity contribution >= 4 is 11.9 Å². The summed E-state index contributed by atoms with van der Waals surface area (Å²) in [6.45, 7) is 3.95. The Bertz CT molecular complexity index is 274. The van der Waals surface area contributed by atoms with Crippen molar-refractivity contribution in [3.05, 3.63) is 0 Å². The molecule has 0 radical (unpaired) electrons. The van der Waals surface area contributed by atoms with Crippen molar-refractivity contribution in [2.75, 3.05) is 0 Å². The number of carbonyl (C=O) groups is 2. The molecule has 0 aromatic carbocycles. The number of hydrogen-bond acceptors (Lipinski definition) is 3. The number of carboxylic acids is 1. The summed E-state index contributed by atoms with van der Waals surface area (Å²) in [5, 5.41) is 11.5. The Morgan fingerprint density at radius 1 is 1.44 bits per heavy atom. The number of carbonyl (C=O) groups excluding carboxylic acids is 1. The fourth-order valence-corrected chi connectivity index (χ4v) is 1.69. The molecule has 1 aliphatic rings. The maximum atomic E-state index is 11.6. The van der Waals surface area contributed by atoms with Crippen LogP contribution < -0.4 is 11.1 Å². The summed E-state index contributed by atoms with van der Waals surface area (Å²) in [5.41, 5.74) is 5.68. The fraction of sp³-hybridized carbons (Fsp3) is 0.818. The monoisotopic (exact) mass is 228 g/mol. The van der Waals surface area contributed by atoms with Crippen molar-refractivity contribution in [1.82, 2.24) is 5.32 Å². The fourth-order valence-electron chi connectivity index (χ4n) is 1.69. The molecule has 1 rings (SSSR count). The summed E-state index contributed by atoms with van der Waals surface area (Å²) in [6, 6.07) is -1.37. The number of carboxylic acid groups (broad SMARTS) is 1. The quantitative estimate of drug-likeness (QED) is 0.611. The zero-order chi connectivity index (χ0) is 12.3. The number of aliphatic carboxylic acids is 1. The van der Waals surface area contributed by atoms with Gasteiger partial charge in [0.25, 0.3) is 0 Å². The van der Waals surface area contributed by atoms with E-state index >= 15 is 0 Å². The van der Waals surface area contributed by atoms with Crippen LogP contribution in [0.4, 0.5) is 0 Å². The van der Waals surface area contributed by atoms with Crippen molar-refractivity contribution in [3.8, 4) is 0 Å². The Morgan fingerprint density at radius 3 is 2.38 bits per heavy atom. The summed E-state index contributed by atoms with van der Waals surface area (Å²) in [6.07, 6.45) is 2.32. The smallest absolute Gasteiger partial charge is 0.326 e. The molecule has 1 fully saturated rings. The Labute approximate surface area is 95.4 Å². The molecule has 0 heterocycles. The van der Waals surface area contributed by atoms with E-state index in [1.807, 2.05) is 13.8 Å². The van der Waals surface area contributed by atoms with Crippen LogP contribution in [0.5, 0.6) is 0 Å². The second-order valence-electron chi connectivity index (χ2n) is 4.90. The Morgan fingerprint density at radius 2 is 2.00 bits per heavy atom. The first-order valence-corrected chi connectivity index (χ1v) is 5.70. The van der Waals surface area contributed by atoms with Crippen LogP contribution in [-0.4, -0.2) is 29.1 Å². The van der Waals surface area contributed by atoms with Crippen LogP contribution >= 0.6 is 0 Å². The summed E-state index contributed by atoms with van der Waals surface area (Å²) < 4.78 is 0. The molecule has 1 unspecified atom stereocenters. The van der Waals surface area contributed by atoms with Crippen LogP contribution in [0.3, 0.4) is 0 Å². The van der Waals surface area contributed by atoms with Gasteiger partial charge in [-0.2, -0.15) is 0 Å². The molecule has 5 heteroatoms. The zero-order valence-electron chi connectivity index (χ0n) is 9.77. The SMILES string of the molecule is CC(C)C[C@@H](N)C(=O)NC(C(=O)O)C1CC1. The average Bonchev–Trinajstić information content (AvgIpc) is 2.95. The molecule has 16 heavy (non-hydrogen) atoms. The third-order valence-electron chi connectivity index (χ3n) is 2.72. The third-order valence-corrected chi connectivity index (χ3v) is 2.72. The van der Waals surface area contributed by atoms with Crippen molar-refractivity contribution in [1.29, 1.82) is 0 Å². The lowest BCUT2D eigenvalue weighted by atomic mass is 10.0. The molecule has 1 saturated carbocycles. The third kappa shape index (κ3) is 3.81. The second kappa shape index (κ2) is 5.30. The molecule has 2 atom stereocenters. The highest BCUT2D eigenvalue weighted by molar-refractivity contribution is 5.87. The van der Waals surface area contributed by atoms with Gasteiger partial charge in [-0.3, -0.25) is 4.79 Å². The average molecular weight is 228 g/mol. The maximum absolute atomic E-state index is 11.6. The van der Waals surface area contributed by atoms with Crippen LogP contribution in [0.25, 0.3) is 0 Å². The highest BCUT2D eigenvalue weighted by Gasteiger charge is 2.37. The first-order chi connectivity index (χ1) is 7.41. The molecular weight excluding hydrogens is 208 g/mol. The van der Waals surface area contributed by atoms with E-state index in [9.17, 15) is 9.59 Å². The number of hydrogen-bond donors (Lipinski definition) is 3. The first-order valence-electron chi connectivity index (χ1n) is 5.70. The Kier molecular flexibility index (Phi) is 4.29. The predicted octanol–water partition coefficient (Wildman–Crippen LogP) is 0.339. The van der Waals surface area contributed by atoms with Crippen LogP contribution in [0, 0.1) is 11.8 Å². The molecule has 5 nitrogen and oxygen atoms in total. The molecule has 0 aromatic heterocycles. The summed E-state index contributed by atoms with van der Waals surface area (Å²) in [4.78, 5) is 22.5. The lowest BCUT2D eigenvalue weighted by Crippen LogP contribution is -2.49. The van der Waals surface area contributed by atoms with Gasteiger partial charge in [0, 0.05) is 0 Å². The van der Waals surface area contributed by atoms with Crippen LogP contribution in [-0.2, 0) is 9.59 Å². The molecular formula is C11H20N2O3. The standard InChI is InChI=1S/C11H20N2O3/c1-6(2)5-8(12)10(14)13-9(11(15)16)7-3-4-7/h6-9H,3-5,12H2,1-2H3,(H,13,14)(H,15,16)/t8-,9?/m1/s1. The number of nitrogens with one attached hydrogen (secondary N) is 1. The van der Waals surface area contributed by atoms with E-state index in [4.69, 9.17) is 10.8 Å². The minimum absolute atomic E-state index is 0.0905. The number of amides is 1. The van der Waals surface area contributed by atoms with Gasteiger partial charge in [-0.25, -0.2) is 4.79 Å². The minimum Gasteiger partial charge on any atom is -0.480 e. The Hall–Kier alpha value is -1.10. The highest BCUT2D eigenvalue weighted by atomic mass is 16.4. The van der Waals surface area contributed by atoms with Gasteiger partial charge < -0.3 is 16.2 Å². The van der Waals surface area contributed by atoms with Gasteiger partial charge in [-0.15, -0.1) is 0 Å². The topological polar surface area (TPSA) is 92.4 Å². The van der Waals surface area contributed by atoms with Crippen molar-refractivity contribution in [3.63, 3.8) is 0 Å². The number of nitrogens with two attached hydrogens (primary N) is 1. The van der Waals surface area contributed by atoms with E-state index < -0.39 is 18.1 Å². The second-order valence-corrected chi connectivity index (χ2v) is 4.90. The zero-order valence-corrected chi connectivity index (χ0v) is 9.77. The first kappa shape index (κ1) is 13.0. The lowest BCUT2D eigenvalue weighted by molar-refractivity contribution is -0.142. The molecule has 1 aliphatic carbocycles. The lowest BCUT2D eigenvalue weighted by Gasteiger charge is -2.18. The molecule has 92 valence electrons. The molecule has 0 spiro atoms. The highest BCUT2D eigenvalue weighted by Crippen LogP contribution is 2.32. The van der Waals surface area contributed by atoms with Gasteiger partial charge in [-0.1, -0.05) is 13.8 Å². The van der Waals surface area contributed by atoms with Gasteiger partial charge in [-0.05, 0) is 31.1 Å². The maximum Gasteiger partial charge on any atom is 0.326 e. The summed E-state index contributed by atoms with van der Waals surface area (Å²) in [7, 11) is 0. The molecule has 0 saturated heterocycles. The molecule has 4 N–H and O–H groups in total. The Balaban J connectivity index is 2.44. The van der Waals surface area contributed by atoms with Gasteiger partial charge in [0.15, 0.2) is 0 Å². The summed E-state index contributed by atoms with van der Waals surface area (Å²) >= 11 is 0. The van der Waals surface area contributed by atoms with Crippen molar-refractivity contribution in [2.45, 2.75) is 45.2 Å². The molecule has 1 amide bonds. The van der Waals surface area contributed by atoms with E-state index in [0.717, 1.165) is 12.8 Å². The molecule has 0 aliphatic heterocycles. The molecule has 0 aromatic rings. The summed E-state index contributed by atoms with van der Waals surface area (Å²) in [5.74, 6) is -0.904. The van der Waals surface area contributed by atoms with Gasteiger partial charge >= 0.3 is 5.97 Å². The minimum atomic E-state index is -0.965. The van der Waals surface area contributed by atoms with Crippen LogP contribution in [0.15, 0.2) is 0 Å². The van der Waals surface area contributed by atoms with E-state index in [1.54, 1.807) is 0 Å². The number of rotatable bonds is 6. The normalized spacial score (nSPS) is 19.2. The van der Waals surface area contributed by atoms with Gasteiger partial charge in [0.2, 0.25) is 5.91 Å². The van der Waals surface area contributed by atoms with Crippen molar-refractivity contribution in [2.24, 2.45) is 17.6 Å². The predicted molar refractivity (Wildman–Crippen MR) is 59.7 cm³/mol. The van der Waals surface area contributed by atoms with E-state index in [0.29, 0.717) is 12.3 Å².